The average molecular weight is 377 g/mol. The number of rotatable bonds is 5. The zero-order valence-electron chi connectivity index (χ0n) is 13.8. The number of halogens is 1. The summed E-state index contributed by atoms with van der Waals surface area (Å²) in [7, 11) is -3.90. The Morgan fingerprint density at radius 1 is 1.16 bits per heavy atom. The Labute approximate surface area is 151 Å². The second kappa shape index (κ2) is 6.90. The second-order valence-electron chi connectivity index (χ2n) is 5.40. The first-order valence-electron chi connectivity index (χ1n) is 7.73. The molecule has 0 aliphatic heterocycles. The fourth-order valence-corrected chi connectivity index (χ4v) is 4.16. The van der Waals surface area contributed by atoms with Crippen LogP contribution in [0.4, 0.5) is 0 Å². The number of benzene rings is 2. The van der Waals surface area contributed by atoms with Gasteiger partial charge < -0.3 is 4.74 Å². The summed E-state index contributed by atoms with van der Waals surface area (Å²) in [5.74, 6) is 0.580. The summed E-state index contributed by atoms with van der Waals surface area (Å²) < 4.78 is 33.2. The van der Waals surface area contributed by atoms with Crippen LogP contribution >= 0.6 is 11.6 Å². The Kier molecular flexibility index (Phi) is 4.83. The van der Waals surface area contributed by atoms with Gasteiger partial charge in [-0.2, -0.15) is 0 Å². The molecular weight excluding hydrogens is 360 g/mol. The summed E-state index contributed by atoms with van der Waals surface area (Å²) in [5, 5.41) is 0.410. The molecule has 0 atom stereocenters. The van der Waals surface area contributed by atoms with E-state index in [-0.39, 0.29) is 10.6 Å². The van der Waals surface area contributed by atoms with Gasteiger partial charge in [0.05, 0.1) is 12.3 Å². The molecule has 3 aromatic rings. The number of aromatic nitrogens is 2. The van der Waals surface area contributed by atoms with E-state index >= 15 is 0 Å². The Morgan fingerprint density at radius 2 is 1.88 bits per heavy atom. The minimum absolute atomic E-state index is 0.0494. The van der Waals surface area contributed by atoms with Crippen molar-refractivity contribution in [3.8, 4) is 17.1 Å². The first-order chi connectivity index (χ1) is 11.9. The van der Waals surface area contributed by atoms with Crippen LogP contribution in [0.3, 0.4) is 0 Å². The molecule has 1 aromatic heterocycles. The van der Waals surface area contributed by atoms with Gasteiger partial charge in [-0.05, 0) is 26.0 Å². The lowest BCUT2D eigenvalue weighted by molar-refractivity contribution is 0.331. The molecular formula is C18H17ClN2O3S. The monoisotopic (exact) mass is 376 g/mol. The molecule has 0 fully saturated rings. The van der Waals surface area contributed by atoms with Crippen molar-refractivity contribution >= 4 is 21.6 Å². The van der Waals surface area contributed by atoms with E-state index in [1.54, 1.807) is 13.8 Å². The van der Waals surface area contributed by atoms with Crippen LogP contribution in [0.15, 0.2) is 59.6 Å². The maximum atomic E-state index is 13.2. The average Bonchev–Trinajstić information content (AvgIpc) is 2.99. The lowest BCUT2D eigenvalue weighted by atomic mass is 10.2. The van der Waals surface area contributed by atoms with Crippen LogP contribution in [0, 0.1) is 6.92 Å². The zero-order chi connectivity index (χ0) is 18.0. The zero-order valence-corrected chi connectivity index (χ0v) is 15.4. The molecule has 130 valence electrons. The Bertz CT molecular complexity index is 998. The first kappa shape index (κ1) is 17.5. The summed E-state index contributed by atoms with van der Waals surface area (Å²) in [6.07, 6.45) is 1.50. The lowest BCUT2D eigenvalue weighted by Crippen LogP contribution is -2.15. The third kappa shape index (κ3) is 3.41. The number of aryl methyl sites for hydroxylation is 1. The lowest BCUT2D eigenvalue weighted by Gasteiger charge is -2.13. The highest BCUT2D eigenvalue weighted by Crippen LogP contribution is 2.31. The first-order valence-corrected chi connectivity index (χ1v) is 9.54. The van der Waals surface area contributed by atoms with Gasteiger partial charge >= 0.3 is 0 Å². The molecule has 2 aromatic carbocycles. The molecule has 0 aliphatic carbocycles. The number of ether oxygens (including phenoxy) is 1. The maximum absolute atomic E-state index is 13.2. The van der Waals surface area contributed by atoms with Crippen LogP contribution in [-0.2, 0) is 10.0 Å². The summed E-state index contributed by atoms with van der Waals surface area (Å²) in [4.78, 5) is 4.43. The van der Waals surface area contributed by atoms with Crippen molar-refractivity contribution in [1.29, 1.82) is 0 Å². The summed E-state index contributed by atoms with van der Waals surface area (Å²) in [6, 6.07) is 13.7. The summed E-state index contributed by atoms with van der Waals surface area (Å²) >= 11 is 5.99. The Hall–Kier alpha value is -2.31. The fraction of sp³-hybridized carbons (Fsp3) is 0.167. The molecule has 5 nitrogen and oxygen atoms in total. The van der Waals surface area contributed by atoms with Crippen LogP contribution in [0.2, 0.25) is 5.02 Å². The fourth-order valence-electron chi connectivity index (χ4n) is 2.51. The van der Waals surface area contributed by atoms with Gasteiger partial charge in [0.1, 0.15) is 10.6 Å². The maximum Gasteiger partial charge on any atom is 0.273 e. The van der Waals surface area contributed by atoms with Crippen molar-refractivity contribution in [1.82, 2.24) is 8.96 Å². The second-order valence-corrected chi connectivity index (χ2v) is 7.62. The Morgan fingerprint density at radius 3 is 2.56 bits per heavy atom. The van der Waals surface area contributed by atoms with E-state index in [2.05, 4.69) is 4.98 Å². The van der Waals surface area contributed by atoms with Crippen LogP contribution in [0.25, 0.3) is 11.4 Å². The minimum Gasteiger partial charge on any atom is -0.492 e. The molecule has 3 rings (SSSR count). The molecule has 0 bridgehead atoms. The van der Waals surface area contributed by atoms with E-state index in [4.69, 9.17) is 16.3 Å². The predicted molar refractivity (Wildman–Crippen MR) is 97.6 cm³/mol. The highest BCUT2D eigenvalue weighted by atomic mass is 35.5. The third-order valence-corrected chi connectivity index (χ3v) is 5.49. The summed E-state index contributed by atoms with van der Waals surface area (Å²) in [5.41, 5.74) is 1.32. The Balaban J connectivity index is 2.20. The molecule has 0 aliphatic rings. The molecule has 7 heteroatoms. The van der Waals surface area contributed by atoms with E-state index < -0.39 is 10.0 Å². The third-order valence-electron chi connectivity index (χ3n) is 3.57. The van der Waals surface area contributed by atoms with Gasteiger partial charge in [0.15, 0.2) is 5.82 Å². The van der Waals surface area contributed by atoms with Gasteiger partial charge in [0.2, 0.25) is 0 Å². The number of hydrogen-bond donors (Lipinski definition) is 0. The van der Waals surface area contributed by atoms with E-state index in [1.807, 2.05) is 30.3 Å². The van der Waals surface area contributed by atoms with Crippen molar-refractivity contribution in [3.05, 3.63) is 65.4 Å². The molecule has 0 saturated carbocycles. The molecule has 1 heterocycles. The molecule has 0 unspecified atom stereocenters. The van der Waals surface area contributed by atoms with Gasteiger partial charge in [-0.1, -0.05) is 41.9 Å². The molecule has 0 amide bonds. The SMILES string of the molecule is CCOc1cc(Cl)ccc1S(=O)(=O)n1cc(C)nc1-c1ccccc1. The summed E-state index contributed by atoms with van der Waals surface area (Å²) in [6.45, 7) is 3.87. The smallest absolute Gasteiger partial charge is 0.273 e. The quantitative estimate of drug-likeness (QED) is 0.671. The van der Waals surface area contributed by atoms with Crippen LogP contribution in [-0.4, -0.2) is 24.0 Å². The van der Waals surface area contributed by atoms with Gasteiger partial charge in [0.25, 0.3) is 10.0 Å². The van der Waals surface area contributed by atoms with Gasteiger partial charge in [-0.3, -0.25) is 0 Å². The molecule has 0 N–H and O–H groups in total. The molecule has 0 radical (unpaired) electrons. The van der Waals surface area contributed by atoms with Crippen LogP contribution < -0.4 is 4.74 Å². The number of nitrogens with zero attached hydrogens (tertiary/aromatic N) is 2. The van der Waals surface area contributed by atoms with Crippen molar-refractivity contribution in [3.63, 3.8) is 0 Å². The van der Waals surface area contributed by atoms with Gasteiger partial charge in [0, 0.05) is 22.8 Å². The van der Waals surface area contributed by atoms with E-state index in [0.29, 0.717) is 28.7 Å². The number of hydrogen-bond acceptors (Lipinski definition) is 4. The largest absolute Gasteiger partial charge is 0.492 e. The topological polar surface area (TPSA) is 61.2 Å². The van der Waals surface area contributed by atoms with E-state index in [1.165, 1.54) is 28.4 Å². The highest BCUT2D eigenvalue weighted by Gasteiger charge is 2.26. The van der Waals surface area contributed by atoms with Gasteiger partial charge in [-0.15, -0.1) is 0 Å². The van der Waals surface area contributed by atoms with Crippen molar-refractivity contribution in [2.45, 2.75) is 18.7 Å². The van der Waals surface area contributed by atoms with Crippen molar-refractivity contribution < 1.29 is 13.2 Å². The predicted octanol–water partition coefficient (Wildman–Crippen LogP) is 4.15. The van der Waals surface area contributed by atoms with Gasteiger partial charge in [-0.25, -0.2) is 17.4 Å². The molecule has 0 saturated heterocycles. The van der Waals surface area contributed by atoms with E-state index in [0.717, 1.165) is 0 Å². The van der Waals surface area contributed by atoms with E-state index in [9.17, 15) is 8.42 Å². The van der Waals surface area contributed by atoms with Crippen LogP contribution in [0.5, 0.6) is 5.75 Å². The molecule has 0 spiro atoms. The standard InChI is InChI=1S/C18H17ClN2O3S/c1-3-24-16-11-15(19)9-10-17(16)25(22,23)21-12-13(2)20-18(21)14-7-5-4-6-8-14/h4-12H,3H2,1-2H3. The normalized spacial score (nSPS) is 11.5. The van der Waals surface area contributed by atoms with Crippen molar-refractivity contribution in [2.75, 3.05) is 6.61 Å². The highest BCUT2D eigenvalue weighted by molar-refractivity contribution is 7.90. The molecule has 25 heavy (non-hydrogen) atoms. The van der Waals surface area contributed by atoms with Crippen molar-refractivity contribution in [2.24, 2.45) is 0 Å². The minimum atomic E-state index is -3.90. The number of imidazole rings is 1. The van der Waals surface area contributed by atoms with Crippen LogP contribution in [0.1, 0.15) is 12.6 Å².